The van der Waals surface area contributed by atoms with Gasteiger partial charge in [-0.3, -0.25) is 9.20 Å². The highest BCUT2D eigenvalue weighted by Gasteiger charge is 2.08. The maximum Gasteiger partial charge on any atom is 0.160 e. The number of aldehydes is 1. The summed E-state index contributed by atoms with van der Waals surface area (Å²) < 4.78 is 1.81. The summed E-state index contributed by atoms with van der Waals surface area (Å²) in [5.41, 5.74) is 2.29. The van der Waals surface area contributed by atoms with Crippen LogP contribution in [0.25, 0.3) is 5.65 Å². The zero-order valence-electron chi connectivity index (χ0n) is 9.95. The summed E-state index contributed by atoms with van der Waals surface area (Å²) in [4.78, 5) is 10.8. The molecule has 0 fully saturated rings. The fourth-order valence-electron chi connectivity index (χ4n) is 1.96. The molecule has 19 heavy (non-hydrogen) atoms. The second-order valence-corrected chi connectivity index (χ2v) is 4.60. The molecule has 2 heterocycles. The summed E-state index contributed by atoms with van der Waals surface area (Å²) in [5.74, 6) is 0.756. The number of benzene rings is 1. The maximum absolute atomic E-state index is 10.8. The summed E-state index contributed by atoms with van der Waals surface area (Å²) >= 11 is 6.14. The Hall–Kier alpha value is -2.20. The quantitative estimate of drug-likeness (QED) is 0.688. The van der Waals surface area contributed by atoms with Crippen molar-refractivity contribution in [2.75, 3.05) is 0 Å². The molecule has 0 amide bonds. The van der Waals surface area contributed by atoms with Crippen LogP contribution >= 0.6 is 11.6 Å². The van der Waals surface area contributed by atoms with E-state index in [2.05, 4.69) is 10.2 Å². The third-order valence-electron chi connectivity index (χ3n) is 2.94. The van der Waals surface area contributed by atoms with E-state index in [4.69, 9.17) is 11.6 Å². The molecular formula is C14H10ClN3O. The third-order valence-corrected chi connectivity index (χ3v) is 3.31. The van der Waals surface area contributed by atoms with Gasteiger partial charge < -0.3 is 0 Å². The Morgan fingerprint density at radius 1 is 1.16 bits per heavy atom. The molecule has 3 rings (SSSR count). The summed E-state index contributed by atoms with van der Waals surface area (Å²) in [6.07, 6.45) is 3.11. The highest BCUT2D eigenvalue weighted by molar-refractivity contribution is 6.31. The number of rotatable bonds is 3. The van der Waals surface area contributed by atoms with Gasteiger partial charge in [0.2, 0.25) is 0 Å². The molecule has 3 aromatic rings. The number of hydrogen-bond acceptors (Lipinski definition) is 3. The second kappa shape index (κ2) is 4.82. The summed E-state index contributed by atoms with van der Waals surface area (Å²) in [5, 5.41) is 8.92. The lowest BCUT2D eigenvalue weighted by Gasteiger charge is -2.03. The van der Waals surface area contributed by atoms with E-state index in [1.165, 1.54) is 0 Å². The Morgan fingerprint density at radius 2 is 2.00 bits per heavy atom. The molecule has 0 saturated heterocycles. The highest BCUT2D eigenvalue weighted by atomic mass is 35.5. The second-order valence-electron chi connectivity index (χ2n) is 4.19. The first kappa shape index (κ1) is 11.9. The average molecular weight is 272 g/mol. The highest BCUT2D eigenvalue weighted by Crippen LogP contribution is 2.18. The van der Waals surface area contributed by atoms with E-state index in [-0.39, 0.29) is 0 Å². The minimum Gasteiger partial charge on any atom is -0.298 e. The van der Waals surface area contributed by atoms with Gasteiger partial charge in [0, 0.05) is 23.2 Å². The van der Waals surface area contributed by atoms with Crippen molar-refractivity contribution in [3.05, 3.63) is 64.6 Å². The number of nitrogens with zero attached hydrogens (tertiary/aromatic N) is 3. The van der Waals surface area contributed by atoms with Crippen molar-refractivity contribution in [3.63, 3.8) is 0 Å². The maximum atomic E-state index is 10.8. The predicted octanol–water partition coefficient (Wildman–Crippen LogP) is 2.79. The molecule has 0 aliphatic carbocycles. The molecule has 5 heteroatoms. The van der Waals surface area contributed by atoms with Crippen LogP contribution in [-0.2, 0) is 6.42 Å². The van der Waals surface area contributed by atoms with Crippen molar-refractivity contribution < 1.29 is 4.79 Å². The Labute approximate surface area is 114 Å². The number of halogens is 1. The number of aromatic nitrogens is 3. The Balaban J connectivity index is 2.06. The largest absolute Gasteiger partial charge is 0.298 e. The van der Waals surface area contributed by atoms with Gasteiger partial charge in [0.15, 0.2) is 11.9 Å². The number of carbonyl (C=O) groups is 1. The third kappa shape index (κ3) is 2.22. The van der Waals surface area contributed by atoms with E-state index in [1.54, 1.807) is 18.3 Å². The average Bonchev–Trinajstić information content (AvgIpc) is 2.84. The zero-order chi connectivity index (χ0) is 13.2. The van der Waals surface area contributed by atoms with Crippen LogP contribution in [0.5, 0.6) is 0 Å². The Morgan fingerprint density at radius 3 is 2.79 bits per heavy atom. The van der Waals surface area contributed by atoms with Crippen LogP contribution < -0.4 is 0 Å². The van der Waals surface area contributed by atoms with Crippen molar-refractivity contribution in [2.24, 2.45) is 0 Å². The Bertz CT molecular complexity index is 751. The minimum absolute atomic E-state index is 0.573. The van der Waals surface area contributed by atoms with Crippen LogP contribution in [-0.4, -0.2) is 20.9 Å². The molecule has 0 bridgehead atoms. The molecule has 0 unspecified atom stereocenters. The van der Waals surface area contributed by atoms with E-state index in [0.29, 0.717) is 22.7 Å². The molecule has 0 spiro atoms. The van der Waals surface area contributed by atoms with E-state index < -0.39 is 0 Å². The van der Waals surface area contributed by atoms with E-state index >= 15 is 0 Å². The van der Waals surface area contributed by atoms with Crippen LogP contribution in [0.4, 0.5) is 0 Å². The van der Waals surface area contributed by atoms with Crippen molar-refractivity contribution >= 4 is 23.5 Å². The van der Waals surface area contributed by atoms with Gasteiger partial charge in [0.1, 0.15) is 5.82 Å². The lowest BCUT2D eigenvalue weighted by atomic mass is 10.1. The number of fused-ring (bicyclic) bond motifs is 1. The SMILES string of the molecule is O=Cc1ccc2nnc(Cc3ccccc3Cl)n2c1. The van der Waals surface area contributed by atoms with Gasteiger partial charge in [-0.25, -0.2) is 0 Å². The summed E-state index contributed by atoms with van der Waals surface area (Å²) in [6.45, 7) is 0. The molecular weight excluding hydrogens is 262 g/mol. The van der Waals surface area contributed by atoms with Gasteiger partial charge in [-0.2, -0.15) is 0 Å². The molecule has 4 nitrogen and oxygen atoms in total. The van der Waals surface area contributed by atoms with Crippen LogP contribution in [0.3, 0.4) is 0 Å². The lowest BCUT2D eigenvalue weighted by molar-refractivity contribution is 0.112. The fourth-order valence-corrected chi connectivity index (χ4v) is 2.16. The normalized spacial score (nSPS) is 10.8. The van der Waals surface area contributed by atoms with Crippen molar-refractivity contribution in [2.45, 2.75) is 6.42 Å². The first-order chi connectivity index (χ1) is 9.28. The Kier molecular flexibility index (Phi) is 3.01. The smallest absolute Gasteiger partial charge is 0.160 e. The molecule has 0 atom stereocenters. The minimum atomic E-state index is 0.573. The fraction of sp³-hybridized carbons (Fsp3) is 0.0714. The molecule has 0 aliphatic rings. The van der Waals surface area contributed by atoms with Crippen molar-refractivity contribution in [3.8, 4) is 0 Å². The van der Waals surface area contributed by atoms with Gasteiger partial charge >= 0.3 is 0 Å². The lowest BCUT2D eigenvalue weighted by Crippen LogP contribution is -1.98. The molecule has 0 saturated carbocycles. The van der Waals surface area contributed by atoms with Crippen LogP contribution in [0.15, 0.2) is 42.6 Å². The predicted molar refractivity (Wildman–Crippen MR) is 72.6 cm³/mol. The van der Waals surface area contributed by atoms with Gasteiger partial charge in [0.05, 0.1) is 0 Å². The van der Waals surface area contributed by atoms with Gasteiger partial charge in [-0.15, -0.1) is 10.2 Å². The standard InChI is InChI=1S/C14H10ClN3O/c15-12-4-2-1-3-11(12)7-14-17-16-13-6-5-10(9-19)8-18(13)14/h1-6,8-9H,7H2. The zero-order valence-corrected chi connectivity index (χ0v) is 10.7. The number of hydrogen-bond donors (Lipinski definition) is 0. The molecule has 2 aromatic heterocycles. The molecule has 1 aromatic carbocycles. The first-order valence-corrected chi connectivity index (χ1v) is 6.18. The van der Waals surface area contributed by atoms with Crippen LogP contribution in [0.2, 0.25) is 5.02 Å². The van der Waals surface area contributed by atoms with Crippen molar-refractivity contribution in [1.29, 1.82) is 0 Å². The van der Waals surface area contributed by atoms with Gasteiger partial charge in [0.25, 0.3) is 0 Å². The molecule has 94 valence electrons. The van der Waals surface area contributed by atoms with E-state index in [1.807, 2.05) is 28.7 Å². The molecule has 0 radical (unpaired) electrons. The van der Waals surface area contributed by atoms with E-state index in [0.717, 1.165) is 17.7 Å². The van der Waals surface area contributed by atoms with E-state index in [9.17, 15) is 4.79 Å². The number of carbonyl (C=O) groups excluding carboxylic acids is 1. The van der Waals surface area contributed by atoms with Crippen LogP contribution in [0.1, 0.15) is 21.7 Å². The first-order valence-electron chi connectivity index (χ1n) is 5.80. The van der Waals surface area contributed by atoms with Crippen LogP contribution in [0, 0.1) is 0 Å². The van der Waals surface area contributed by atoms with Gasteiger partial charge in [-0.05, 0) is 23.8 Å². The molecule has 0 aliphatic heterocycles. The monoisotopic (exact) mass is 271 g/mol. The van der Waals surface area contributed by atoms with Crippen molar-refractivity contribution in [1.82, 2.24) is 14.6 Å². The topological polar surface area (TPSA) is 47.3 Å². The summed E-state index contributed by atoms with van der Waals surface area (Å²) in [6, 6.07) is 11.1. The van der Waals surface area contributed by atoms with Gasteiger partial charge in [-0.1, -0.05) is 29.8 Å². The number of pyridine rings is 1. The molecule has 0 N–H and O–H groups in total. The summed E-state index contributed by atoms with van der Waals surface area (Å²) in [7, 11) is 0.